The Hall–Kier alpha value is -2.50. The van der Waals surface area contributed by atoms with E-state index >= 15 is 0 Å². The Morgan fingerprint density at radius 3 is 2.75 bits per heavy atom. The quantitative estimate of drug-likeness (QED) is 0.741. The Labute approximate surface area is 140 Å². The molecule has 1 aliphatic carbocycles. The second-order valence-corrected chi connectivity index (χ2v) is 6.18. The number of ether oxygens (including phenoxy) is 1. The molecular formula is C18H22N2O4. The highest BCUT2D eigenvalue weighted by Gasteiger charge is 2.34. The number of phenols is 1. The Morgan fingerprint density at radius 1 is 1.33 bits per heavy atom. The van der Waals surface area contributed by atoms with Crippen LogP contribution in [0.4, 0.5) is 4.79 Å². The number of carbonyl (C=O) groups is 2. The Balaban J connectivity index is 1.94. The third kappa shape index (κ3) is 3.37. The minimum Gasteiger partial charge on any atom is -0.508 e. The first-order valence-electron chi connectivity index (χ1n) is 8.39. The van der Waals surface area contributed by atoms with Crippen molar-refractivity contribution >= 4 is 12.0 Å². The number of amides is 2. The van der Waals surface area contributed by atoms with Gasteiger partial charge in [0.25, 0.3) is 0 Å². The first-order chi connectivity index (χ1) is 11.6. The van der Waals surface area contributed by atoms with Crippen molar-refractivity contribution in [3.05, 3.63) is 41.1 Å². The SMILES string of the molecule is CCC1=C(C(=O)OC2CCCC2)[C@H](c2cccc(O)c2)NC(=O)N1. The fourth-order valence-corrected chi connectivity index (χ4v) is 3.31. The van der Waals surface area contributed by atoms with Crippen molar-refractivity contribution < 1.29 is 19.4 Å². The van der Waals surface area contributed by atoms with Gasteiger partial charge in [-0.15, -0.1) is 0 Å². The molecule has 3 rings (SSSR count). The van der Waals surface area contributed by atoms with Gasteiger partial charge in [-0.25, -0.2) is 9.59 Å². The van der Waals surface area contributed by atoms with Crippen LogP contribution in [-0.4, -0.2) is 23.2 Å². The third-order valence-corrected chi connectivity index (χ3v) is 4.51. The van der Waals surface area contributed by atoms with Crippen molar-refractivity contribution in [3.8, 4) is 5.75 Å². The summed E-state index contributed by atoms with van der Waals surface area (Å²) in [5, 5.41) is 15.2. The van der Waals surface area contributed by atoms with Crippen LogP contribution in [0.1, 0.15) is 50.6 Å². The van der Waals surface area contributed by atoms with Gasteiger partial charge in [0, 0.05) is 5.70 Å². The minimum atomic E-state index is -0.630. The summed E-state index contributed by atoms with van der Waals surface area (Å²) in [7, 11) is 0. The summed E-state index contributed by atoms with van der Waals surface area (Å²) in [5.41, 5.74) is 1.62. The molecule has 6 nitrogen and oxygen atoms in total. The number of urea groups is 1. The van der Waals surface area contributed by atoms with Crippen LogP contribution in [0, 0.1) is 0 Å². The average molecular weight is 330 g/mol. The van der Waals surface area contributed by atoms with E-state index in [4.69, 9.17) is 4.74 Å². The summed E-state index contributed by atoms with van der Waals surface area (Å²) in [6, 6.07) is 5.56. The molecule has 2 aliphatic rings. The molecule has 2 amide bonds. The Bertz CT molecular complexity index is 677. The molecule has 1 atom stereocenters. The van der Waals surface area contributed by atoms with Crippen molar-refractivity contribution in [2.24, 2.45) is 0 Å². The summed E-state index contributed by atoms with van der Waals surface area (Å²) in [6.07, 6.45) is 4.38. The molecule has 1 fully saturated rings. The zero-order valence-corrected chi connectivity index (χ0v) is 13.7. The predicted octanol–water partition coefficient (Wildman–Crippen LogP) is 2.90. The molecule has 1 saturated carbocycles. The zero-order chi connectivity index (χ0) is 17.1. The van der Waals surface area contributed by atoms with E-state index in [9.17, 15) is 14.7 Å². The van der Waals surface area contributed by atoms with E-state index in [1.165, 1.54) is 0 Å². The highest BCUT2D eigenvalue weighted by molar-refractivity contribution is 5.95. The number of esters is 1. The lowest BCUT2D eigenvalue weighted by Gasteiger charge is -2.29. The topological polar surface area (TPSA) is 87.7 Å². The lowest BCUT2D eigenvalue weighted by molar-refractivity contribution is -0.144. The number of hydrogen-bond donors (Lipinski definition) is 3. The fourth-order valence-electron chi connectivity index (χ4n) is 3.31. The standard InChI is InChI=1S/C18H22N2O4/c1-2-14-15(17(22)24-13-8-3-4-9-13)16(20-18(23)19-14)11-6-5-7-12(21)10-11/h5-7,10,13,16,21H,2-4,8-9H2,1H3,(H2,19,20,23)/t16-/m0/s1. The first-order valence-corrected chi connectivity index (χ1v) is 8.39. The third-order valence-electron chi connectivity index (χ3n) is 4.51. The maximum atomic E-state index is 12.8. The average Bonchev–Trinajstić information content (AvgIpc) is 3.06. The van der Waals surface area contributed by atoms with E-state index in [0.717, 1.165) is 25.7 Å². The Morgan fingerprint density at radius 2 is 2.08 bits per heavy atom. The summed E-state index contributed by atoms with van der Waals surface area (Å²) in [4.78, 5) is 24.7. The first kappa shape index (κ1) is 16.4. The van der Waals surface area contributed by atoms with Crippen molar-refractivity contribution in [2.75, 3.05) is 0 Å². The molecule has 0 bridgehead atoms. The predicted molar refractivity (Wildman–Crippen MR) is 88.2 cm³/mol. The largest absolute Gasteiger partial charge is 0.508 e. The van der Waals surface area contributed by atoms with E-state index in [-0.39, 0.29) is 17.9 Å². The van der Waals surface area contributed by atoms with E-state index in [2.05, 4.69) is 10.6 Å². The Kier molecular flexibility index (Phi) is 4.74. The molecule has 1 heterocycles. The summed E-state index contributed by atoms with van der Waals surface area (Å²) < 4.78 is 5.65. The molecule has 0 spiro atoms. The molecule has 6 heteroatoms. The van der Waals surface area contributed by atoms with Crippen LogP contribution in [0.25, 0.3) is 0 Å². The highest BCUT2D eigenvalue weighted by Crippen LogP contribution is 2.32. The molecule has 0 saturated heterocycles. The van der Waals surface area contributed by atoms with Gasteiger partial charge in [-0.1, -0.05) is 19.1 Å². The van der Waals surface area contributed by atoms with Crippen LogP contribution < -0.4 is 10.6 Å². The van der Waals surface area contributed by atoms with E-state index in [1.54, 1.807) is 24.3 Å². The van der Waals surface area contributed by atoms with E-state index in [0.29, 0.717) is 23.3 Å². The highest BCUT2D eigenvalue weighted by atomic mass is 16.5. The number of aromatic hydroxyl groups is 1. The summed E-state index contributed by atoms with van der Waals surface area (Å²) in [5.74, 6) is -0.318. The lowest BCUT2D eigenvalue weighted by Crippen LogP contribution is -2.46. The maximum absolute atomic E-state index is 12.8. The number of benzene rings is 1. The zero-order valence-electron chi connectivity index (χ0n) is 13.7. The number of hydrogen-bond acceptors (Lipinski definition) is 4. The van der Waals surface area contributed by atoms with Crippen molar-refractivity contribution in [3.63, 3.8) is 0 Å². The van der Waals surface area contributed by atoms with E-state index < -0.39 is 12.0 Å². The van der Waals surface area contributed by atoms with E-state index in [1.807, 2.05) is 6.92 Å². The fraction of sp³-hybridized carbons (Fsp3) is 0.444. The summed E-state index contributed by atoms with van der Waals surface area (Å²) >= 11 is 0. The molecule has 128 valence electrons. The minimum absolute atomic E-state index is 0.0504. The van der Waals surface area contributed by atoms with Crippen LogP contribution in [-0.2, 0) is 9.53 Å². The van der Waals surface area contributed by atoms with Crippen LogP contribution in [0.3, 0.4) is 0 Å². The molecule has 1 aromatic rings. The van der Waals surface area contributed by atoms with Crippen molar-refractivity contribution in [1.82, 2.24) is 10.6 Å². The molecule has 0 aromatic heterocycles. The number of nitrogens with one attached hydrogen (secondary N) is 2. The molecular weight excluding hydrogens is 308 g/mol. The summed E-state index contributed by atoms with van der Waals surface area (Å²) in [6.45, 7) is 1.88. The van der Waals surface area contributed by atoms with Crippen LogP contribution in [0.5, 0.6) is 5.75 Å². The maximum Gasteiger partial charge on any atom is 0.338 e. The normalized spacial score (nSPS) is 21.4. The van der Waals surface area contributed by atoms with Gasteiger partial charge in [-0.3, -0.25) is 0 Å². The lowest BCUT2D eigenvalue weighted by atomic mass is 9.94. The number of carbonyl (C=O) groups excluding carboxylic acids is 2. The molecule has 1 aliphatic heterocycles. The number of allylic oxidation sites excluding steroid dienone is 1. The van der Waals surface area contributed by atoms with Gasteiger partial charge in [0.15, 0.2) is 0 Å². The molecule has 1 aromatic carbocycles. The van der Waals surface area contributed by atoms with Gasteiger partial charge in [0.2, 0.25) is 0 Å². The number of phenolic OH excluding ortho intramolecular Hbond substituents is 1. The van der Waals surface area contributed by atoms with Gasteiger partial charge in [0.1, 0.15) is 11.9 Å². The molecule has 3 N–H and O–H groups in total. The molecule has 0 unspecified atom stereocenters. The molecule has 0 radical (unpaired) electrons. The monoisotopic (exact) mass is 330 g/mol. The smallest absolute Gasteiger partial charge is 0.338 e. The van der Waals surface area contributed by atoms with Gasteiger partial charge in [-0.05, 0) is 49.8 Å². The number of rotatable bonds is 4. The second kappa shape index (κ2) is 6.95. The second-order valence-electron chi connectivity index (χ2n) is 6.18. The van der Waals surface area contributed by atoms with Crippen molar-refractivity contribution in [1.29, 1.82) is 0 Å². The van der Waals surface area contributed by atoms with Gasteiger partial charge in [-0.2, -0.15) is 0 Å². The van der Waals surface area contributed by atoms with Crippen molar-refractivity contribution in [2.45, 2.75) is 51.2 Å². The van der Waals surface area contributed by atoms with Gasteiger partial charge < -0.3 is 20.5 Å². The van der Waals surface area contributed by atoms with Crippen LogP contribution in [0.15, 0.2) is 35.5 Å². The van der Waals surface area contributed by atoms with Crippen LogP contribution in [0.2, 0.25) is 0 Å². The molecule has 24 heavy (non-hydrogen) atoms. The van der Waals surface area contributed by atoms with Gasteiger partial charge >= 0.3 is 12.0 Å². The van der Waals surface area contributed by atoms with Gasteiger partial charge in [0.05, 0.1) is 11.6 Å². The van der Waals surface area contributed by atoms with Crippen LogP contribution >= 0.6 is 0 Å².